The molecule has 1 N–H and O–H groups in total. The predicted octanol–water partition coefficient (Wildman–Crippen LogP) is 3.66. The first-order valence-corrected chi connectivity index (χ1v) is 10.3. The molecule has 0 aliphatic carbocycles. The van der Waals surface area contributed by atoms with Gasteiger partial charge in [0.1, 0.15) is 11.6 Å². The number of aromatic nitrogens is 1. The zero-order chi connectivity index (χ0) is 20.8. The molecule has 1 fully saturated rings. The Morgan fingerprint density at radius 2 is 1.76 bits per heavy atom. The van der Waals surface area contributed by atoms with Gasteiger partial charge in [-0.15, -0.1) is 0 Å². The second-order valence-electron chi connectivity index (χ2n) is 6.77. The van der Waals surface area contributed by atoms with Crippen LogP contribution in [0.3, 0.4) is 0 Å². The number of pyridine rings is 1. The molecule has 0 bridgehead atoms. The number of sulfonamides is 1. The largest absolute Gasteiger partial charge is 0.478 e. The van der Waals surface area contributed by atoms with Gasteiger partial charge in [-0.05, 0) is 55.3 Å². The number of carboxylic acids is 1. The molecule has 0 saturated carbocycles. The number of rotatable bonds is 4. The van der Waals surface area contributed by atoms with Crippen molar-refractivity contribution in [1.82, 2.24) is 9.29 Å². The van der Waals surface area contributed by atoms with Crippen LogP contribution in [-0.2, 0) is 10.0 Å². The maximum absolute atomic E-state index is 14.1. The molecule has 0 atom stereocenters. The molecule has 1 aliphatic heterocycles. The Bertz CT molecular complexity index is 1240. The number of halogens is 2. The summed E-state index contributed by atoms with van der Waals surface area (Å²) in [5.74, 6) is -2.76. The Morgan fingerprint density at radius 1 is 1.03 bits per heavy atom. The number of nitrogens with zero attached hydrogens (tertiary/aromatic N) is 2. The maximum atomic E-state index is 14.1. The van der Waals surface area contributed by atoms with Gasteiger partial charge < -0.3 is 5.11 Å². The fourth-order valence-electron chi connectivity index (χ4n) is 3.45. The van der Waals surface area contributed by atoms with E-state index in [4.69, 9.17) is 0 Å². The van der Waals surface area contributed by atoms with Gasteiger partial charge in [0, 0.05) is 24.0 Å². The van der Waals surface area contributed by atoms with Crippen LogP contribution in [0.25, 0.3) is 22.2 Å². The van der Waals surface area contributed by atoms with Crippen LogP contribution in [0.1, 0.15) is 23.2 Å². The molecule has 0 unspecified atom stereocenters. The summed E-state index contributed by atoms with van der Waals surface area (Å²) in [7, 11) is -3.74. The standard InChI is InChI=1S/C20H16F2N2O4S/c21-12-3-5-17(22)16(9-12)19-11-15(20(25)26)14-10-13(4-6-18(14)23-19)29(27,28)24-7-1-2-8-24/h3-6,9-11H,1-2,7-8H2,(H,25,26). The Morgan fingerprint density at radius 3 is 2.45 bits per heavy atom. The third-order valence-electron chi connectivity index (χ3n) is 4.92. The van der Waals surface area contributed by atoms with Gasteiger partial charge in [-0.25, -0.2) is 27.0 Å². The fourth-order valence-corrected chi connectivity index (χ4v) is 5.00. The van der Waals surface area contributed by atoms with E-state index >= 15 is 0 Å². The maximum Gasteiger partial charge on any atom is 0.336 e. The average molecular weight is 418 g/mol. The first kappa shape index (κ1) is 19.4. The lowest BCUT2D eigenvalue weighted by atomic mass is 10.0. The molecule has 9 heteroatoms. The third-order valence-corrected chi connectivity index (χ3v) is 6.81. The van der Waals surface area contributed by atoms with E-state index in [1.807, 2.05) is 0 Å². The van der Waals surface area contributed by atoms with Gasteiger partial charge in [0.05, 0.1) is 21.7 Å². The van der Waals surface area contributed by atoms with Crippen LogP contribution in [0.5, 0.6) is 0 Å². The van der Waals surface area contributed by atoms with E-state index in [1.54, 1.807) is 0 Å². The zero-order valence-corrected chi connectivity index (χ0v) is 15.9. The highest BCUT2D eigenvalue weighted by Crippen LogP contribution is 2.30. The summed E-state index contributed by atoms with van der Waals surface area (Å²) < 4.78 is 54.7. The lowest BCUT2D eigenvalue weighted by molar-refractivity contribution is 0.0699. The number of hydrogen-bond donors (Lipinski definition) is 1. The second kappa shape index (κ2) is 7.16. The smallest absolute Gasteiger partial charge is 0.336 e. The fraction of sp³-hybridized carbons (Fsp3) is 0.200. The minimum Gasteiger partial charge on any atom is -0.478 e. The van der Waals surface area contributed by atoms with Crippen LogP contribution in [0.2, 0.25) is 0 Å². The van der Waals surface area contributed by atoms with Crippen molar-refractivity contribution in [2.75, 3.05) is 13.1 Å². The Labute approximate surface area is 165 Å². The van der Waals surface area contributed by atoms with Gasteiger partial charge >= 0.3 is 5.97 Å². The molecule has 29 heavy (non-hydrogen) atoms. The van der Waals surface area contributed by atoms with Crippen molar-refractivity contribution in [3.05, 3.63) is 59.7 Å². The summed E-state index contributed by atoms with van der Waals surface area (Å²) in [6.45, 7) is 0.838. The average Bonchev–Trinajstić information content (AvgIpc) is 3.24. The Balaban J connectivity index is 1.91. The van der Waals surface area contributed by atoms with Crippen molar-refractivity contribution in [2.24, 2.45) is 0 Å². The molecular formula is C20H16F2N2O4S. The lowest BCUT2D eigenvalue weighted by Gasteiger charge is -2.16. The summed E-state index contributed by atoms with van der Waals surface area (Å²) in [6.07, 6.45) is 1.55. The molecule has 1 aliphatic rings. The normalized spacial score (nSPS) is 15.1. The second-order valence-corrected chi connectivity index (χ2v) is 8.71. The van der Waals surface area contributed by atoms with E-state index in [2.05, 4.69) is 4.98 Å². The van der Waals surface area contributed by atoms with Crippen molar-refractivity contribution < 1.29 is 27.1 Å². The molecule has 1 aromatic heterocycles. The van der Waals surface area contributed by atoms with Gasteiger partial charge in [0.25, 0.3) is 0 Å². The molecule has 0 spiro atoms. The summed E-state index contributed by atoms with van der Waals surface area (Å²) in [4.78, 5) is 16.0. The van der Waals surface area contributed by atoms with Crippen molar-refractivity contribution >= 4 is 26.9 Å². The van der Waals surface area contributed by atoms with Gasteiger partial charge in [-0.2, -0.15) is 4.31 Å². The van der Waals surface area contributed by atoms with Crippen LogP contribution in [0, 0.1) is 11.6 Å². The third kappa shape index (κ3) is 3.47. The zero-order valence-electron chi connectivity index (χ0n) is 15.1. The topological polar surface area (TPSA) is 87.6 Å². The van der Waals surface area contributed by atoms with E-state index in [0.29, 0.717) is 13.1 Å². The van der Waals surface area contributed by atoms with Gasteiger partial charge in [-0.3, -0.25) is 0 Å². The highest BCUT2D eigenvalue weighted by molar-refractivity contribution is 7.89. The summed E-state index contributed by atoms with van der Waals surface area (Å²) in [5, 5.41) is 9.74. The molecule has 2 aromatic carbocycles. The van der Waals surface area contributed by atoms with Crippen molar-refractivity contribution in [3.63, 3.8) is 0 Å². The Hall–Kier alpha value is -2.91. The van der Waals surface area contributed by atoms with Crippen LogP contribution < -0.4 is 0 Å². The molecule has 0 amide bonds. The van der Waals surface area contributed by atoms with E-state index < -0.39 is 27.6 Å². The monoisotopic (exact) mass is 418 g/mol. The van der Waals surface area contributed by atoms with Gasteiger partial charge in [0.2, 0.25) is 10.0 Å². The summed E-state index contributed by atoms with van der Waals surface area (Å²) >= 11 is 0. The number of carboxylic acid groups (broad SMARTS) is 1. The first-order valence-electron chi connectivity index (χ1n) is 8.91. The first-order chi connectivity index (χ1) is 13.8. The number of benzene rings is 2. The van der Waals surface area contributed by atoms with E-state index in [1.165, 1.54) is 22.5 Å². The minimum atomic E-state index is -3.74. The quantitative estimate of drug-likeness (QED) is 0.699. The number of fused-ring (bicyclic) bond motifs is 1. The molecular weight excluding hydrogens is 402 g/mol. The SMILES string of the molecule is O=C(O)c1cc(-c2cc(F)ccc2F)nc2ccc(S(=O)(=O)N3CCCC3)cc12. The highest BCUT2D eigenvalue weighted by atomic mass is 32.2. The predicted molar refractivity (Wildman–Crippen MR) is 102 cm³/mol. The molecule has 6 nitrogen and oxygen atoms in total. The molecule has 2 heterocycles. The number of hydrogen-bond acceptors (Lipinski definition) is 4. The Kier molecular flexibility index (Phi) is 4.79. The molecule has 0 radical (unpaired) electrons. The minimum absolute atomic E-state index is 0.0270. The molecule has 3 aromatic rings. The van der Waals surface area contributed by atoms with E-state index in [9.17, 15) is 27.1 Å². The lowest BCUT2D eigenvalue weighted by Crippen LogP contribution is -2.27. The van der Waals surface area contributed by atoms with Gasteiger partial charge in [-0.1, -0.05) is 0 Å². The van der Waals surface area contributed by atoms with Crippen LogP contribution in [0.4, 0.5) is 8.78 Å². The van der Waals surface area contributed by atoms with E-state index in [0.717, 1.165) is 37.1 Å². The molecule has 4 rings (SSSR count). The summed E-state index contributed by atoms with van der Waals surface area (Å²) in [5.41, 5.74) is -0.304. The molecule has 150 valence electrons. The van der Waals surface area contributed by atoms with Crippen LogP contribution in [-0.4, -0.2) is 41.9 Å². The number of aromatic carboxylic acids is 1. The van der Waals surface area contributed by atoms with Crippen molar-refractivity contribution in [3.8, 4) is 11.3 Å². The van der Waals surface area contributed by atoms with Crippen molar-refractivity contribution in [2.45, 2.75) is 17.7 Å². The van der Waals surface area contributed by atoms with Crippen LogP contribution in [0.15, 0.2) is 47.4 Å². The molecule has 1 saturated heterocycles. The van der Waals surface area contributed by atoms with Crippen molar-refractivity contribution in [1.29, 1.82) is 0 Å². The number of carbonyl (C=O) groups is 1. The van der Waals surface area contributed by atoms with Crippen LogP contribution >= 0.6 is 0 Å². The summed E-state index contributed by atoms with van der Waals surface area (Å²) in [6, 6.07) is 7.93. The highest BCUT2D eigenvalue weighted by Gasteiger charge is 2.28. The van der Waals surface area contributed by atoms with Gasteiger partial charge in [0.15, 0.2) is 0 Å². The van der Waals surface area contributed by atoms with E-state index in [-0.39, 0.29) is 32.6 Å².